The molecule has 1 rings (SSSR count). The van der Waals surface area contributed by atoms with Crippen LogP contribution in [-0.2, 0) is 9.53 Å². The maximum atomic E-state index is 11.3. The Hall–Kier alpha value is -0.0900. The molecule has 1 aliphatic heterocycles. The lowest BCUT2D eigenvalue weighted by Crippen LogP contribution is -2.39. The maximum absolute atomic E-state index is 11.3. The topological polar surface area (TPSA) is 38.3 Å². The smallest absolute Gasteiger partial charge is 0.234 e. The lowest BCUT2D eigenvalue weighted by molar-refractivity contribution is -0.121. The second-order valence-corrected chi connectivity index (χ2v) is 4.05. The lowest BCUT2D eigenvalue weighted by atomic mass is 10.2. The van der Waals surface area contributed by atoms with Gasteiger partial charge in [-0.15, -0.1) is 0 Å². The van der Waals surface area contributed by atoms with Gasteiger partial charge in [0.25, 0.3) is 0 Å². The van der Waals surface area contributed by atoms with Crippen LogP contribution in [0.4, 0.5) is 0 Å². The summed E-state index contributed by atoms with van der Waals surface area (Å²) in [7, 11) is 0. The van der Waals surface area contributed by atoms with Crippen LogP contribution in [-0.4, -0.2) is 30.0 Å². The molecule has 0 aromatic heterocycles. The van der Waals surface area contributed by atoms with Gasteiger partial charge in [-0.3, -0.25) is 4.79 Å². The predicted molar refractivity (Wildman–Crippen MR) is 50.4 cm³/mol. The quantitative estimate of drug-likeness (QED) is 0.744. The molecule has 1 aliphatic rings. The Morgan fingerprint density at radius 2 is 2.58 bits per heavy atom. The van der Waals surface area contributed by atoms with Crippen LogP contribution in [0.2, 0.25) is 0 Å². The molecule has 0 radical (unpaired) electrons. The zero-order chi connectivity index (χ0) is 8.97. The fourth-order valence-corrected chi connectivity index (χ4v) is 1.26. The predicted octanol–water partition coefficient (Wildman–Crippen LogP) is 1.06. The number of hydrogen-bond acceptors (Lipinski definition) is 2. The minimum absolute atomic E-state index is 0.0573. The zero-order valence-corrected chi connectivity index (χ0v) is 8.76. The van der Waals surface area contributed by atoms with Crippen LogP contribution < -0.4 is 5.32 Å². The van der Waals surface area contributed by atoms with Crippen molar-refractivity contribution in [1.82, 2.24) is 5.32 Å². The van der Waals surface area contributed by atoms with Gasteiger partial charge in [0.05, 0.1) is 17.5 Å². The third-order valence-corrected chi connectivity index (χ3v) is 2.98. The number of carbonyl (C=O) groups excluding carboxylic acids is 1. The number of hydrogen-bond donors (Lipinski definition) is 1. The number of rotatable bonds is 3. The second-order valence-electron chi connectivity index (χ2n) is 2.94. The van der Waals surface area contributed by atoms with Gasteiger partial charge in [-0.2, -0.15) is 0 Å². The Labute approximate surface area is 81.0 Å². The van der Waals surface area contributed by atoms with E-state index >= 15 is 0 Å². The van der Waals surface area contributed by atoms with E-state index in [-0.39, 0.29) is 16.8 Å². The molecule has 0 aromatic carbocycles. The molecule has 1 heterocycles. The summed E-state index contributed by atoms with van der Waals surface area (Å²) in [5.74, 6) is 0.0769. The van der Waals surface area contributed by atoms with Crippen LogP contribution in [0.25, 0.3) is 0 Å². The van der Waals surface area contributed by atoms with E-state index in [4.69, 9.17) is 4.74 Å². The standard InChI is InChI=1S/C8H14BrNO2/c1-2-7(9)8(11)10-6-3-4-12-5-6/h6-7H,2-5H2,1H3,(H,10,11). The Bertz CT molecular complexity index is 157. The van der Waals surface area contributed by atoms with Gasteiger partial charge in [-0.05, 0) is 12.8 Å². The molecule has 1 amide bonds. The van der Waals surface area contributed by atoms with Crippen molar-refractivity contribution in [2.75, 3.05) is 13.2 Å². The van der Waals surface area contributed by atoms with E-state index in [2.05, 4.69) is 21.2 Å². The van der Waals surface area contributed by atoms with E-state index in [1.54, 1.807) is 0 Å². The summed E-state index contributed by atoms with van der Waals surface area (Å²) in [5, 5.41) is 2.92. The third-order valence-electron chi connectivity index (χ3n) is 1.92. The SMILES string of the molecule is CCC(Br)C(=O)NC1CCOC1. The van der Waals surface area contributed by atoms with Crippen LogP contribution in [0.3, 0.4) is 0 Å². The first-order valence-electron chi connectivity index (χ1n) is 4.26. The van der Waals surface area contributed by atoms with Crippen molar-refractivity contribution >= 4 is 21.8 Å². The van der Waals surface area contributed by atoms with E-state index in [0.29, 0.717) is 6.61 Å². The number of carbonyl (C=O) groups is 1. The average Bonchev–Trinajstić information content (AvgIpc) is 2.55. The van der Waals surface area contributed by atoms with Crippen LogP contribution in [0.15, 0.2) is 0 Å². The Balaban J connectivity index is 2.25. The van der Waals surface area contributed by atoms with Crippen molar-refractivity contribution in [3.05, 3.63) is 0 Å². The first kappa shape index (κ1) is 9.99. The first-order valence-corrected chi connectivity index (χ1v) is 5.17. The molecule has 12 heavy (non-hydrogen) atoms. The molecular weight excluding hydrogens is 222 g/mol. The molecule has 0 aliphatic carbocycles. The summed E-state index contributed by atoms with van der Waals surface area (Å²) < 4.78 is 5.14. The molecule has 0 aromatic rings. The lowest BCUT2D eigenvalue weighted by Gasteiger charge is -2.12. The van der Waals surface area contributed by atoms with Gasteiger partial charge in [-0.1, -0.05) is 22.9 Å². The van der Waals surface area contributed by atoms with Crippen molar-refractivity contribution in [1.29, 1.82) is 0 Å². The third kappa shape index (κ3) is 2.75. The molecule has 3 nitrogen and oxygen atoms in total. The molecule has 0 bridgehead atoms. The van der Waals surface area contributed by atoms with Gasteiger partial charge in [0.15, 0.2) is 0 Å². The summed E-state index contributed by atoms with van der Waals surface area (Å²) in [6.07, 6.45) is 1.76. The molecule has 1 saturated heterocycles. The van der Waals surface area contributed by atoms with Crippen molar-refractivity contribution in [2.24, 2.45) is 0 Å². The monoisotopic (exact) mass is 235 g/mol. The van der Waals surface area contributed by atoms with Gasteiger partial charge in [0, 0.05) is 6.61 Å². The summed E-state index contributed by atoms with van der Waals surface area (Å²) in [6, 6.07) is 0.226. The molecule has 1 N–H and O–H groups in total. The number of ether oxygens (including phenoxy) is 1. The maximum Gasteiger partial charge on any atom is 0.234 e. The molecule has 4 heteroatoms. The molecule has 1 fully saturated rings. The molecular formula is C8H14BrNO2. The highest BCUT2D eigenvalue weighted by Crippen LogP contribution is 2.08. The van der Waals surface area contributed by atoms with E-state index in [0.717, 1.165) is 19.4 Å². The van der Waals surface area contributed by atoms with Crippen molar-refractivity contribution < 1.29 is 9.53 Å². The van der Waals surface area contributed by atoms with E-state index in [1.807, 2.05) is 6.92 Å². The molecule has 70 valence electrons. The second kappa shape index (κ2) is 4.82. The normalized spacial score (nSPS) is 25.3. The minimum atomic E-state index is -0.0573. The van der Waals surface area contributed by atoms with Gasteiger partial charge in [0.2, 0.25) is 5.91 Å². The van der Waals surface area contributed by atoms with Crippen molar-refractivity contribution in [3.63, 3.8) is 0 Å². The van der Waals surface area contributed by atoms with Gasteiger partial charge in [0.1, 0.15) is 0 Å². The number of amides is 1. The zero-order valence-electron chi connectivity index (χ0n) is 7.18. The highest BCUT2D eigenvalue weighted by Gasteiger charge is 2.20. The van der Waals surface area contributed by atoms with Crippen LogP contribution >= 0.6 is 15.9 Å². The Morgan fingerprint density at radius 1 is 1.83 bits per heavy atom. The highest BCUT2D eigenvalue weighted by molar-refractivity contribution is 9.10. The Morgan fingerprint density at radius 3 is 3.08 bits per heavy atom. The number of alkyl halides is 1. The molecule has 0 saturated carbocycles. The molecule has 0 spiro atoms. The highest BCUT2D eigenvalue weighted by atomic mass is 79.9. The number of halogens is 1. The largest absolute Gasteiger partial charge is 0.379 e. The first-order chi connectivity index (χ1) is 5.74. The van der Waals surface area contributed by atoms with Crippen molar-refractivity contribution in [3.8, 4) is 0 Å². The Kier molecular flexibility index (Phi) is 4.01. The van der Waals surface area contributed by atoms with E-state index in [1.165, 1.54) is 0 Å². The van der Waals surface area contributed by atoms with Crippen LogP contribution in [0.1, 0.15) is 19.8 Å². The average molecular weight is 236 g/mol. The summed E-state index contributed by atoms with van der Waals surface area (Å²) in [6.45, 7) is 3.41. The van der Waals surface area contributed by atoms with E-state index in [9.17, 15) is 4.79 Å². The van der Waals surface area contributed by atoms with Gasteiger partial charge < -0.3 is 10.1 Å². The van der Waals surface area contributed by atoms with Gasteiger partial charge >= 0.3 is 0 Å². The van der Waals surface area contributed by atoms with E-state index < -0.39 is 0 Å². The fraction of sp³-hybridized carbons (Fsp3) is 0.875. The van der Waals surface area contributed by atoms with Crippen molar-refractivity contribution in [2.45, 2.75) is 30.6 Å². The summed E-state index contributed by atoms with van der Waals surface area (Å²) >= 11 is 3.30. The molecule has 2 unspecified atom stereocenters. The van der Waals surface area contributed by atoms with Crippen LogP contribution in [0, 0.1) is 0 Å². The van der Waals surface area contributed by atoms with Crippen LogP contribution in [0.5, 0.6) is 0 Å². The summed E-state index contributed by atoms with van der Waals surface area (Å²) in [5.41, 5.74) is 0. The molecule has 2 atom stereocenters. The summed E-state index contributed by atoms with van der Waals surface area (Å²) in [4.78, 5) is 11.3. The minimum Gasteiger partial charge on any atom is -0.379 e. The number of nitrogens with one attached hydrogen (secondary N) is 1. The fourth-order valence-electron chi connectivity index (χ4n) is 1.13. The van der Waals surface area contributed by atoms with Gasteiger partial charge in [-0.25, -0.2) is 0 Å².